The van der Waals surface area contributed by atoms with Crippen LogP contribution in [0.2, 0.25) is 0 Å². The minimum atomic E-state index is -1.08. The van der Waals surface area contributed by atoms with Gasteiger partial charge in [-0.1, -0.05) is 6.92 Å². The quantitative estimate of drug-likeness (QED) is 0.750. The zero-order valence-electron chi connectivity index (χ0n) is 9.22. The van der Waals surface area contributed by atoms with E-state index in [0.29, 0.717) is 12.8 Å². The number of aliphatic hydroxyl groups excluding tert-OH is 1. The van der Waals surface area contributed by atoms with Crippen molar-refractivity contribution in [3.05, 3.63) is 32.9 Å². The maximum atomic E-state index is 13.1. The van der Waals surface area contributed by atoms with Crippen LogP contribution in [0.25, 0.3) is 0 Å². The van der Waals surface area contributed by atoms with E-state index in [1.54, 1.807) is 0 Å². The van der Waals surface area contributed by atoms with Gasteiger partial charge >= 0.3 is 5.69 Å². The zero-order valence-corrected chi connectivity index (χ0v) is 9.22. The molecule has 2 N–H and O–H groups in total. The van der Waals surface area contributed by atoms with Crippen molar-refractivity contribution in [2.45, 2.75) is 38.2 Å². The number of H-pyrrole nitrogens is 1. The Morgan fingerprint density at radius 1 is 1.65 bits per heavy atom. The molecule has 3 atom stereocenters. The van der Waals surface area contributed by atoms with Gasteiger partial charge in [0, 0.05) is 6.42 Å². The first-order valence-electron chi connectivity index (χ1n) is 5.37. The summed E-state index contributed by atoms with van der Waals surface area (Å²) in [5.74, 6) is -1.08. The second-order valence-corrected chi connectivity index (χ2v) is 4.00. The first-order valence-corrected chi connectivity index (χ1v) is 5.37. The molecule has 7 heteroatoms. The van der Waals surface area contributed by atoms with Gasteiger partial charge in [0.05, 0.1) is 12.3 Å². The predicted molar refractivity (Wildman–Crippen MR) is 56.1 cm³/mol. The predicted octanol–water partition coefficient (Wildman–Crippen LogP) is -0.266. The Morgan fingerprint density at radius 3 is 2.94 bits per heavy atom. The van der Waals surface area contributed by atoms with Crippen molar-refractivity contribution in [3.63, 3.8) is 0 Å². The summed E-state index contributed by atoms with van der Waals surface area (Å²) >= 11 is 0. The molecular weight excluding hydrogens is 231 g/mol. The highest BCUT2D eigenvalue weighted by molar-refractivity contribution is 4.91. The molecule has 1 aromatic rings. The maximum Gasteiger partial charge on any atom is 0.330 e. The molecule has 0 saturated carbocycles. The van der Waals surface area contributed by atoms with Gasteiger partial charge in [0.2, 0.25) is 5.82 Å². The molecule has 0 radical (unpaired) electrons. The standard InChI is InChI=1S/C10H13FN2O4/c1-2-5-3-7(14)9(17-5)13-4-6(11)8(15)12-10(13)16/h4-5,7,9,14H,2-3H2,1H3,(H,12,15,16)/t5-,7?,9-/m0/s1. The highest BCUT2D eigenvalue weighted by atomic mass is 19.1. The Hall–Kier alpha value is -1.47. The van der Waals surface area contributed by atoms with Crippen LogP contribution >= 0.6 is 0 Å². The third kappa shape index (κ3) is 2.16. The molecule has 17 heavy (non-hydrogen) atoms. The van der Waals surface area contributed by atoms with E-state index >= 15 is 0 Å². The average Bonchev–Trinajstić information content (AvgIpc) is 2.65. The molecule has 0 bridgehead atoms. The summed E-state index contributed by atoms with van der Waals surface area (Å²) in [5.41, 5.74) is -1.87. The Bertz CT molecular complexity index is 524. The molecule has 94 valence electrons. The molecular formula is C10H13FN2O4. The van der Waals surface area contributed by atoms with Crippen LogP contribution in [0.3, 0.4) is 0 Å². The molecule has 0 aliphatic carbocycles. The molecule has 1 aliphatic rings. The Morgan fingerprint density at radius 2 is 2.35 bits per heavy atom. The first kappa shape index (κ1) is 12.0. The molecule has 0 amide bonds. The molecule has 1 fully saturated rings. The number of aromatic nitrogens is 2. The summed E-state index contributed by atoms with van der Waals surface area (Å²) in [6, 6.07) is 0. The van der Waals surface area contributed by atoms with Gasteiger partial charge in [-0.25, -0.2) is 4.79 Å². The Balaban J connectivity index is 2.38. The van der Waals surface area contributed by atoms with Crippen molar-refractivity contribution in [2.24, 2.45) is 0 Å². The van der Waals surface area contributed by atoms with Crippen LogP contribution in [0, 0.1) is 5.82 Å². The van der Waals surface area contributed by atoms with E-state index in [2.05, 4.69) is 0 Å². The molecule has 0 spiro atoms. The van der Waals surface area contributed by atoms with Gasteiger partial charge in [0.1, 0.15) is 6.10 Å². The fraction of sp³-hybridized carbons (Fsp3) is 0.600. The minimum Gasteiger partial charge on any atom is -0.388 e. The number of nitrogens with zero attached hydrogens (tertiary/aromatic N) is 1. The maximum absolute atomic E-state index is 13.1. The lowest BCUT2D eigenvalue weighted by Crippen LogP contribution is -2.36. The number of nitrogens with one attached hydrogen (secondary N) is 1. The monoisotopic (exact) mass is 244 g/mol. The minimum absolute atomic E-state index is 0.170. The fourth-order valence-electron chi connectivity index (χ4n) is 1.89. The van der Waals surface area contributed by atoms with Crippen LogP contribution in [-0.4, -0.2) is 26.9 Å². The second-order valence-electron chi connectivity index (χ2n) is 4.00. The van der Waals surface area contributed by atoms with Crippen LogP contribution in [0.4, 0.5) is 4.39 Å². The van der Waals surface area contributed by atoms with Crippen molar-refractivity contribution in [1.29, 1.82) is 0 Å². The van der Waals surface area contributed by atoms with Gasteiger partial charge in [0.15, 0.2) is 6.23 Å². The summed E-state index contributed by atoms with van der Waals surface area (Å²) in [5, 5.41) is 9.73. The van der Waals surface area contributed by atoms with Crippen molar-refractivity contribution in [3.8, 4) is 0 Å². The van der Waals surface area contributed by atoms with E-state index in [0.717, 1.165) is 10.8 Å². The molecule has 1 unspecified atom stereocenters. The lowest BCUT2D eigenvalue weighted by Gasteiger charge is -2.16. The van der Waals surface area contributed by atoms with Crippen LogP contribution < -0.4 is 11.2 Å². The van der Waals surface area contributed by atoms with Crippen molar-refractivity contribution < 1.29 is 14.2 Å². The summed E-state index contributed by atoms with van der Waals surface area (Å²) in [6.45, 7) is 1.88. The largest absolute Gasteiger partial charge is 0.388 e. The Labute approximate surface area is 95.7 Å². The summed E-state index contributed by atoms with van der Waals surface area (Å²) in [6.07, 6.45) is -0.172. The van der Waals surface area contributed by atoms with E-state index < -0.39 is 29.4 Å². The van der Waals surface area contributed by atoms with Gasteiger partial charge in [0.25, 0.3) is 5.56 Å². The smallest absolute Gasteiger partial charge is 0.330 e. The van der Waals surface area contributed by atoms with Crippen LogP contribution in [0.1, 0.15) is 26.0 Å². The van der Waals surface area contributed by atoms with Crippen molar-refractivity contribution >= 4 is 0 Å². The van der Waals surface area contributed by atoms with E-state index in [9.17, 15) is 19.1 Å². The molecule has 2 rings (SSSR count). The summed E-state index contributed by atoms with van der Waals surface area (Å²) in [7, 11) is 0. The van der Waals surface area contributed by atoms with Gasteiger partial charge < -0.3 is 9.84 Å². The number of halogens is 1. The molecule has 1 aliphatic heterocycles. The summed E-state index contributed by atoms with van der Waals surface area (Å²) in [4.78, 5) is 24.2. The third-order valence-electron chi connectivity index (χ3n) is 2.82. The number of aliphatic hydroxyl groups is 1. The third-order valence-corrected chi connectivity index (χ3v) is 2.82. The molecule has 6 nitrogen and oxygen atoms in total. The Kier molecular flexibility index (Phi) is 3.12. The number of ether oxygens (including phenoxy) is 1. The fourth-order valence-corrected chi connectivity index (χ4v) is 1.89. The van der Waals surface area contributed by atoms with Gasteiger partial charge in [-0.2, -0.15) is 4.39 Å². The number of rotatable bonds is 2. The van der Waals surface area contributed by atoms with E-state index in [1.807, 2.05) is 11.9 Å². The average molecular weight is 244 g/mol. The molecule has 0 aromatic carbocycles. The second kappa shape index (κ2) is 4.42. The van der Waals surface area contributed by atoms with E-state index in [1.165, 1.54) is 0 Å². The van der Waals surface area contributed by atoms with Crippen LogP contribution in [-0.2, 0) is 4.74 Å². The zero-order chi connectivity index (χ0) is 12.6. The van der Waals surface area contributed by atoms with Crippen molar-refractivity contribution in [1.82, 2.24) is 9.55 Å². The molecule has 1 saturated heterocycles. The van der Waals surface area contributed by atoms with Crippen LogP contribution in [0.15, 0.2) is 15.8 Å². The van der Waals surface area contributed by atoms with Crippen molar-refractivity contribution in [2.75, 3.05) is 0 Å². The topological polar surface area (TPSA) is 84.3 Å². The van der Waals surface area contributed by atoms with Gasteiger partial charge in [-0.3, -0.25) is 14.3 Å². The highest BCUT2D eigenvalue weighted by Crippen LogP contribution is 2.28. The number of hydrogen-bond donors (Lipinski definition) is 2. The van der Waals surface area contributed by atoms with E-state index in [4.69, 9.17) is 4.74 Å². The molecule has 1 aromatic heterocycles. The number of aromatic amines is 1. The molecule has 2 heterocycles. The number of hydrogen-bond acceptors (Lipinski definition) is 4. The highest BCUT2D eigenvalue weighted by Gasteiger charge is 2.35. The first-order chi connectivity index (χ1) is 8.02. The lowest BCUT2D eigenvalue weighted by atomic mass is 10.1. The van der Waals surface area contributed by atoms with Crippen LogP contribution in [0.5, 0.6) is 0 Å². The van der Waals surface area contributed by atoms with Gasteiger partial charge in [-0.05, 0) is 6.42 Å². The SMILES string of the molecule is CC[C@H]1CC(O)[C@@H](n2cc(F)c(=O)[nH]c2=O)O1. The van der Waals surface area contributed by atoms with Gasteiger partial charge in [-0.15, -0.1) is 0 Å². The lowest BCUT2D eigenvalue weighted by molar-refractivity contribution is -0.0410. The normalized spacial score (nSPS) is 28.5. The summed E-state index contributed by atoms with van der Waals surface area (Å²) < 4.78 is 19.4. The van der Waals surface area contributed by atoms with E-state index in [-0.39, 0.29) is 6.10 Å².